The number of nitro groups is 1. The quantitative estimate of drug-likeness (QED) is 0.234. The number of ether oxygens (including phenoxy) is 1. The van der Waals surface area contributed by atoms with Crippen molar-refractivity contribution in [1.82, 2.24) is 9.71 Å². The third-order valence-corrected chi connectivity index (χ3v) is 4.37. The van der Waals surface area contributed by atoms with Gasteiger partial charge < -0.3 is 4.74 Å². The maximum absolute atomic E-state index is 12.6. The molecule has 1 atom stereocenters. The molecule has 2 aromatic rings. The molecule has 1 unspecified atom stereocenters. The summed E-state index contributed by atoms with van der Waals surface area (Å²) in [5.74, 6) is -0.963. The van der Waals surface area contributed by atoms with Gasteiger partial charge in [-0.2, -0.15) is 0 Å². The Balaban J connectivity index is 2.17. The van der Waals surface area contributed by atoms with Gasteiger partial charge in [-0.05, 0) is 50.9 Å². The highest BCUT2D eigenvalue weighted by molar-refractivity contribution is 7.97. The molecule has 148 valence electrons. The standard InChI is InChI=1S/C19H21N3O5S/c1-19(2,3)27-18(24)14(12-16(23)13-8-6-7-11-20-13)21-28-17-10-5-4-9-15(17)22(25)26/h4-11,14,21H,12H2,1-3H3. The van der Waals surface area contributed by atoms with E-state index in [4.69, 9.17) is 4.74 Å². The molecule has 2 rings (SSSR count). The van der Waals surface area contributed by atoms with E-state index in [0.29, 0.717) is 4.90 Å². The van der Waals surface area contributed by atoms with E-state index in [-0.39, 0.29) is 23.6 Å². The number of aromatic nitrogens is 1. The number of rotatable bonds is 8. The van der Waals surface area contributed by atoms with Crippen molar-refractivity contribution in [3.05, 3.63) is 64.5 Å². The van der Waals surface area contributed by atoms with Crippen LogP contribution in [0.5, 0.6) is 0 Å². The molecule has 8 nitrogen and oxygen atoms in total. The summed E-state index contributed by atoms with van der Waals surface area (Å²) < 4.78 is 8.22. The van der Waals surface area contributed by atoms with Crippen molar-refractivity contribution >= 4 is 29.4 Å². The topological polar surface area (TPSA) is 111 Å². The number of para-hydroxylation sites is 1. The Hall–Kier alpha value is -2.78. The predicted molar refractivity (Wildman–Crippen MR) is 105 cm³/mol. The third kappa shape index (κ3) is 6.43. The Morgan fingerprint density at radius 2 is 1.89 bits per heavy atom. The third-order valence-electron chi connectivity index (χ3n) is 3.40. The summed E-state index contributed by atoms with van der Waals surface area (Å²) in [4.78, 5) is 40.0. The van der Waals surface area contributed by atoms with Crippen molar-refractivity contribution in [1.29, 1.82) is 0 Å². The molecule has 0 radical (unpaired) electrons. The van der Waals surface area contributed by atoms with E-state index < -0.39 is 22.5 Å². The van der Waals surface area contributed by atoms with E-state index >= 15 is 0 Å². The lowest BCUT2D eigenvalue weighted by Gasteiger charge is -2.24. The predicted octanol–water partition coefficient (Wildman–Crippen LogP) is 3.57. The minimum atomic E-state index is -1.00. The van der Waals surface area contributed by atoms with Gasteiger partial charge in [0.25, 0.3) is 5.69 Å². The zero-order chi connectivity index (χ0) is 20.7. The van der Waals surface area contributed by atoms with Crippen LogP contribution >= 0.6 is 11.9 Å². The number of nitrogens with zero attached hydrogens (tertiary/aromatic N) is 2. The van der Waals surface area contributed by atoms with Gasteiger partial charge in [0.15, 0.2) is 5.78 Å². The first-order chi connectivity index (χ1) is 13.2. The average Bonchev–Trinajstić information content (AvgIpc) is 2.64. The number of benzene rings is 1. The SMILES string of the molecule is CC(C)(C)OC(=O)C(CC(=O)c1ccccn1)NSc1ccccc1[N+](=O)[O-]. The monoisotopic (exact) mass is 403 g/mol. The van der Waals surface area contributed by atoms with Crippen LogP contribution in [0.15, 0.2) is 53.6 Å². The molecule has 0 aliphatic heterocycles. The first-order valence-corrected chi connectivity index (χ1v) is 9.32. The molecule has 0 aliphatic carbocycles. The summed E-state index contributed by atoms with van der Waals surface area (Å²) in [6.45, 7) is 5.16. The van der Waals surface area contributed by atoms with Gasteiger partial charge in [0, 0.05) is 18.7 Å². The van der Waals surface area contributed by atoms with Crippen LogP contribution in [-0.4, -0.2) is 33.3 Å². The highest BCUT2D eigenvalue weighted by Gasteiger charge is 2.29. The molecule has 28 heavy (non-hydrogen) atoms. The van der Waals surface area contributed by atoms with Gasteiger partial charge in [-0.15, -0.1) is 0 Å². The highest BCUT2D eigenvalue weighted by Crippen LogP contribution is 2.27. The molecule has 0 saturated carbocycles. The summed E-state index contributed by atoms with van der Waals surface area (Å²) in [5, 5.41) is 11.2. The second-order valence-electron chi connectivity index (χ2n) is 6.87. The molecule has 0 bridgehead atoms. The van der Waals surface area contributed by atoms with Gasteiger partial charge >= 0.3 is 5.97 Å². The number of nitrogens with one attached hydrogen (secondary N) is 1. The molecule has 1 N–H and O–H groups in total. The van der Waals surface area contributed by atoms with Gasteiger partial charge in [0.1, 0.15) is 22.2 Å². The second kappa shape index (κ2) is 9.43. The number of esters is 1. The summed E-state index contributed by atoms with van der Waals surface area (Å²) in [7, 11) is 0. The van der Waals surface area contributed by atoms with Crippen LogP contribution in [-0.2, 0) is 9.53 Å². The number of nitro benzene ring substituents is 1. The zero-order valence-corrected chi connectivity index (χ0v) is 16.6. The Morgan fingerprint density at radius 1 is 1.21 bits per heavy atom. The van der Waals surface area contributed by atoms with Gasteiger partial charge in [0.2, 0.25) is 0 Å². The number of carbonyl (C=O) groups is 2. The van der Waals surface area contributed by atoms with Crippen molar-refractivity contribution in [2.45, 2.75) is 43.7 Å². The lowest BCUT2D eigenvalue weighted by Crippen LogP contribution is -2.40. The fourth-order valence-electron chi connectivity index (χ4n) is 2.19. The van der Waals surface area contributed by atoms with Crippen molar-refractivity contribution in [2.24, 2.45) is 0 Å². The molecular weight excluding hydrogens is 382 g/mol. The highest BCUT2D eigenvalue weighted by atomic mass is 32.2. The molecule has 1 aromatic carbocycles. The second-order valence-corrected chi connectivity index (χ2v) is 7.75. The summed E-state index contributed by atoms with van der Waals surface area (Å²) in [6, 6.07) is 10.1. The van der Waals surface area contributed by atoms with Crippen LogP contribution < -0.4 is 4.72 Å². The molecule has 0 saturated heterocycles. The largest absolute Gasteiger partial charge is 0.459 e. The Labute approximate surface area is 167 Å². The molecular formula is C19H21N3O5S. The van der Waals surface area contributed by atoms with Crippen LogP contribution in [0.4, 0.5) is 5.69 Å². The smallest absolute Gasteiger partial charge is 0.325 e. The van der Waals surface area contributed by atoms with Crippen LogP contribution in [0, 0.1) is 10.1 Å². The number of ketones is 1. The zero-order valence-electron chi connectivity index (χ0n) is 15.7. The van der Waals surface area contributed by atoms with E-state index in [2.05, 4.69) is 9.71 Å². The lowest BCUT2D eigenvalue weighted by atomic mass is 10.1. The Kier molecular flexibility index (Phi) is 7.24. The minimum Gasteiger partial charge on any atom is -0.459 e. The maximum Gasteiger partial charge on any atom is 0.325 e. The van der Waals surface area contributed by atoms with E-state index in [1.165, 1.54) is 12.3 Å². The summed E-state index contributed by atoms with van der Waals surface area (Å²) in [6.07, 6.45) is 1.30. The van der Waals surface area contributed by atoms with Crippen molar-refractivity contribution in [2.75, 3.05) is 0 Å². The first kappa shape index (κ1) is 21.5. The van der Waals surface area contributed by atoms with Gasteiger partial charge in [-0.1, -0.05) is 18.2 Å². The summed E-state index contributed by atoms with van der Waals surface area (Å²) >= 11 is 0.910. The Morgan fingerprint density at radius 3 is 2.50 bits per heavy atom. The van der Waals surface area contributed by atoms with Crippen molar-refractivity contribution in [3.63, 3.8) is 0 Å². The van der Waals surface area contributed by atoms with Gasteiger partial charge in [-0.25, -0.2) is 4.72 Å². The van der Waals surface area contributed by atoms with Crippen LogP contribution in [0.1, 0.15) is 37.7 Å². The molecule has 1 aromatic heterocycles. The van der Waals surface area contributed by atoms with Crippen molar-refractivity contribution in [3.8, 4) is 0 Å². The fraction of sp³-hybridized carbons (Fsp3) is 0.316. The number of pyridine rings is 1. The number of hydrogen-bond acceptors (Lipinski definition) is 8. The molecule has 0 amide bonds. The lowest BCUT2D eigenvalue weighted by molar-refractivity contribution is -0.387. The average molecular weight is 403 g/mol. The van der Waals surface area contributed by atoms with Gasteiger partial charge in [-0.3, -0.25) is 24.7 Å². The van der Waals surface area contributed by atoms with Crippen LogP contribution in [0.25, 0.3) is 0 Å². The normalized spacial score (nSPS) is 12.2. The molecule has 1 heterocycles. The molecule has 9 heteroatoms. The molecule has 0 fully saturated rings. The van der Waals surface area contributed by atoms with Crippen molar-refractivity contribution < 1.29 is 19.2 Å². The number of hydrogen-bond donors (Lipinski definition) is 1. The number of carbonyl (C=O) groups excluding carboxylic acids is 2. The van der Waals surface area contributed by atoms with E-state index in [9.17, 15) is 19.7 Å². The molecule has 0 spiro atoms. The van der Waals surface area contributed by atoms with E-state index in [1.807, 2.05) is 0 Å². The molecule has 0 aliphatic rings. The van der Waals surface area contributed by atoms with Crippen LogP contribution in [0.2, 0.25) is 0 Å². The van der Waals surface area contributed by atoms with Crippen LogP contribution in [0.3, 0.4) is 0 Å². The minimum absolute atomic E-state index is 0.0982. The fourth-order valence-corrected chi connectivity index (χ4v) is 3.04. The number of Topliss-reactive ketones (excluding diaryl/α,β-unsaturated/α-hetero) is 1. The maximum atomic E-state index is 12.6. The van der Waals surface area contributed by atoms with E-state index in [1.54, 1.807) is 57.2 Å². The van der Waals surface area contributed by atoms with E-state index in [0.717, 1.165) is 11.9 Å². The van der Waals surface area contributed by atoms with Gasteiger partial charge in [0.05, 0.1) is 4.92 Å². The Bertz CT molecular complexity index is 852. The summed E-state index contributed by atoms with van der Waals surface area (Å²) in [5.41, 5.74) is -0.610. The first-order valence-electron chi connectivity index (χ1n) is 8.50.